The van der Waals surface area contributed by atoms with Gasteiger partial charge >= 0.3 is 6.18 Å². The number of hydrogen-bond donors (Lipinski definition) is 1. The summed E-state index contributed by atoms with van der Waals surface area (Å²) in [5.74, 6) is 1.25. The van der Waals surface area contributed by atoms with Gasteiger partial charge in [-0.1, -0.05) is 42.5 Å². The van der Waals surface area contributed by atoms with Crippen molar-refractivity contribution >= 4 is 17.0 Å². The fourth-order valence-electron chi connectivity index (χ4n) is 3.36. The van der Waals surface area contributed by atoms with Gasteiger partial charge in [0, 0.05) is 18.2 Å². The lowest BCUT2D eigenvalue weighted by Gasteiger charge is -2.12. The van der Waals surface area contributed by atoms with Crippen molar-refractivity contribution in [2.75, 3.05) is 5.32 Å². The number of anilines is 1. The summed E-state index contributed by atoms with van der Waals surface area (Å²) in [5.41, 5.74) is 2.03. The van der Waals surface area contributed by atoms with E-state index in [0.29, 0.717) is 22.5 Å². The van der Waals surface area contributed by atoms with Crippen molar-refractivity contribution in [1.82, 2.24) is 19.5 Å². The summed E-state index contributed by atoms with van der Waals surface area (Å²) >= 11 is 0. The lowest BCUT2D eigenvalue weighted by atomic mass is 10.1. The minimum Gasteiger partial charge on any atom is -0.364 e. The van der Waals surface area contributed by atoms with Crippen LogP contribution in [0.1, 0.15) is 31.0 Å². The van der Waals surface area contributed by atoms with E-state index in [2.05, 4.69) is 15.3 Å². The number of alkyl halides is 3. The van der Waals surface area contributed by atoms with Crippen molar-refractivity contribution in [2.24, 2.45) is 0 Å². The SMILES string of the molecule is CC(C)n1c(-c2ccccc2)nc2c(NCc3cccc(C(F)(F)F)c3)ncnc21. The first-order valence-electron chi connectivity index (χ1n) is 9.53. The molecule has 0 aliphatic rings. The van der Waals surface area contributed by atoms with E-state index in [1.807, 2.05) is 48.7 Å². The summed E-state index contributed by atoms with van der Waals surface area (Å²) < 4.78 is 40.9. The van der Waals surface area contributed by atoms with Gasteiger partial charge in [0.1, 0.15) is 12.2 Å². The Labute approximate surface area is 171 Å². The zero-order chi connectivity index (χ0) is 21.3. The minimum absolute atomic E-state index is 0.108. The third kappa shape index (κ3) is 3.85. The number of nitrogens with zero attached hydrogens (tertiary/aromatic N) is 4. The van der Waals surface area contributed by atoms with Crippen LogP contribution in [-0.2, 0) is 12.7 Å². The number of hydrogen-bond acceptors (Lipinski definition) is 4. The van der Waals surface area contributed by atoms with Crippen molar-refractivity contribution < 1.29 is 13.2 Å². The van der Waals surface area contributed by atoms with E-state index in [-0.39, 0.29) is 12.6 Å². The second kappa shape index (κ2) is 7.78. The summed E-state index contributed by atoms with van der Waals surface area (Å²) in [6, 6.07) is 15.1. The van der Waals surface area contributed by atoms with Gasteiger partial charge in [-0.3, -0.25) is 0 Å². The minimum atomic E-state index is -4.38. The molecular formula is C22H20F3N5. The van der Waals surface area contributed by atoms with Crippen LogP contribution in [0.3, 0.4) is 0 Å². The fourth-order valence-corrected chi connectivity index (χ4v) is 3.36. The summed E-state index contributed by atoms with van der Waals surface area (Å²) in [4.78, 5) is 13.5. The van der Waals surface area contributed by atoms with E-state index in [9.17, 15) is 13.2 Å². The zero-order valence-electron chi connectivity index (χ0n) is 16.5. The largest absolute Gasteiger partial charge is 0.416 e. The standard InChI is InChI=1S/C22H20F3N5/c1-14(2)30-20(16-8-4-3-5-9-16)29-18-19(27-13-28-21(18)30)26-12-15-7-6-10-17(11-15)22(23,24)25/h3-11,13-14H,12H2,1-2H3,(H,26,27,28). The number of imidazole rings is 1. The molecule has 5 nitrogen and oxygen atoms in total. The maximum atomic E-state index is 13.0. The Morgan fingerprint density at radius 1 is 1.00 bits per heavy atom. The molecule has 0 saturated carbocycles. The Kier molecular flexibility index (Phi) is 5.15. The van der Waals surface area contributed by atoms with Gasteiger partial charge in [-0.2, -0.15) is 13.2 Å². The monoisotopic (exact) mass is 411 g/mol. The Balaban J connectivity index is 1.71. The second-order valence-electron chi connectivity index (χ2n) is 7.21. The number of benzene rings is 2. The molecule has 0 saturated heterocycles. The first kappa shape index (κ1) is 19.9. The molecule has 0 amide bonds. The molecule has 2 aromatic carbocycles. The molecule has 2 heterocycles. The number of nitrogens with one attached hydrogen (secondary N) is 1. The lowest BCUT2D eigenvalue weighted by molar-refractivity contribution is -0.137. The molecular weight excluding hydrogens is 391 g/mol. The van der Waals surface area contributed by atoms with Crippen molar-refractivity contribution in [2.45, 2.75) is 32.6 Å². The van der Waals surface area contributed by atoms with Crippen LogP contribution < -0.4 is 5.32 Å². The number of fused-ring (bicyclic) bond motifs is 1. The van der Waals surface area contributed by atoms with Crippen LogP contribution in [-0.4, -0.2) is 19.5 Å². The van der Waals surface area contributed by atoms with Crippen LogP contribution in [0.4, 0.5) is 19.0 Å². The maximum Gasteiger partial charge on any atom is 0.416 e. The van der Waals surface area contributed by atoms with Crippen molar-refractivity contribution in [3.05, 3.63) is 72.1 Å². The van der Waals surface area contributed by atoms with E-state index in [0.717, 1.165) is 23.5 Å². The van der Waals surface area contributed by atoms with E-state index in [4.69, 9.17) is 4.98 Å². The number of aromatic nitrogens is 4. The van der Waals surface area contributed by atoms with Gasteiger partial charge in [0.05, 0.1) is 5.56 Å². The molecule has 0 atom stereocenters. The van der Waals surface area contributed by atoms with Crippen molar-refractivity contribution in [3.8, 4) is 11.4 Å². The van der Waals surface area contributed by atoms with E-state index >= 15 is 0 Å². The highest BCUT2D eigenvalue weighted by atomic mass is 19.4. The maximum absolute atomic E-state index is 13.0. The van der Waals surface area contributed by atoms with Crippen LogP contribution in [0, 0.1) is 0 Å². The van der Waals surface area contributed by atoms with Crippen LogP contribution >= 0.6 is 0 Å². The van der Waals surface area contributed by atoms with Crippen LogP contribution in [0.25, 0.3) is 22.6 Å². The predicted octanol–water partition coefficient (Wildman–Crippen LogP) is 5.71. The molecule has 8 heteroatoms. The summed E-state index contributed by atoms with van der Waals surface area (Å²) in [6.07, 6.45) is -2.94. The molecule has 0 radical (unpaired) electrons. The smallest absolute Gasteiger partial charge is 0.364 e. The first-order valence-corrected chi connectivity index (χ1v) is 9.53. The van der Waals surface area contributed by atoms with Gasteiger partial charge in [-0.15, -0.1) is 0 Å². The molecule has 0 bridgehead atoms. The molecule has 4 rings (SSSR count). The van der Waals surface area contributed by atoms with Crippen LogP contribution in [0.2, 0.25) is 0 Å². The van der Waals surface area contributed by atoms with Gasteiger partial charge < -0.3 is 9.88 Å². The van der Waals surface area contributed by atoms with E-state index < -0.39 is 11.7 Å². The van der Waals surface area contributed by atoms with Gasteiger partial charge in [-0.05, 0) is 31.5 Å². The van der Waals surface area contributed by atoms with E-state index in [1.54, 1.807) is 6.07 Å². The molecule has 0 aliphatic heterocycles. The second-order valence-corrected chi connectivity index (χ2v) is 7.21. The average Bonchev–Trinajstić information content (AvgIpc) is 3.13. The van der Waals surface area contributed by atoms with Crippen molar-refractivity contribution in [3.63, 3.8) is 0 Å². The van der Waals surface area contributed by atoms with Gasteiger partial charge in [0.25, 0.3) is 0 Å². The summed E-state index contributed by atoms with van der Waals surface area (Å²) in [7, 11) is 0. The van der Waals surface area contributed by atoms with Gasteiger partial charge in [-0.25, -0.2) is 15.0 Å². The quantitative estimate of drug-likeness (QED) is 0.457. The molecule has 4 aromatic rings. The third-order valence-corrected chi connectivity index (χ3v) is 4.74. The molecule has 1 N–H and O–H groups in total. The molecule has 0 fully saturated rings. The number of rotatable bonds is 5. The highest BCUT2D eigenvalue weighted by Gasteiger charge is 2.30. The zero-order valence-corrected chi connectivity index (χ0v) is 16.5. The highest BCUT2D eigenvalue weighted by molar-refractivity contribution is 5.86. The third-order valence-electron chi connectivity index (χ3n) is 4.74. The molecule has 0 unspecified atom stereocenters. The number of halogens is 3. The molecule has 30 heavy (non-hydrogen) atoms. The Hall–Kier alpha value is -3.42. The van der Waals surface area contributed by atoms with Crippen LogP contribution in [0.5, 0.6) is 0 Å². The Bertz CT molecular complexity index is 1170. The highest BCUT2D eigenvalue weighted by Crippen LogP contribution is 2.31. The molecule has 2 aromatic heterocycles. The predicted molar refractivity (Wildman–Crippen MR) is 110 cm³/mol. The first-order chi connectivity index (χ1) is 14.3. The topological polar surface area (TPSA) is 55.6 Å². The van der Waals surface area contributed by atoms with Gasteiger partial charge in [0.15, 0.2) is 17.0 Å². The Morgan fingerprint density at radius 3 is 2.47 bits per heavy atom. The van der Waals surface area contributed by atoms with Gasteiger partial charge in [0.2, 0.25) is 0 Å². The summed E-state index contributed by atoms with van der Waals surface area (Å²) in [6.45, 7) is 4.28. The van der Waals surface area contributed by atoms with Crippen molar-refractivity contribution in [1.29, 1.82) is 0 Å². The normalized spacial score (nSPS) is 11.9. The van der Waals surface area contributed by atoms with Crippen LogP contribution in [0.15, 0.2) is 60.9 Å². The summed E-state index contributed by atoms with van der Waals surface area (Å²) in [5, 5.41) is 3.12. The molecule has 0 aliphatic carbocycles. The Morgan fingerprint density at radius 2 is 1.77 bits per heavy atom. The average molecular weight is 411 g/mol. The lowest BCUT2D eigenvalue weighted by Crippen LogP contribution is -2.08. The molecule has 0 spiro atoms. The molecule has 154 valence electrons. The van der Waals surface area contributed by atoms with E-state index in [1.165, 1.54) is 12.4 Å². The fraction of sp³-hybridized carbons (Fsp3) is 0.227.